The van der Waals surface area contributed by atoms with Gasteiger partial charge >= 0.3 is 6.03 Å². The number of urea groups is 1. The van der Waals surface area contributed by atoms with Crippen LogP contribution in [0.1, 0.15) is 37.1 Å². The van der Waals surface area contributed by atoms with Gasteiger partial charge in [0.15, 0.2) is 0 Å². The molecule has 1 unspecified atom stereocenters. The quantitative estimate of drug-likeness (QED) is 0.438. The Morgan fingerprint density at radius 2 is 1.71 bits per heavy atom. The summed E-state index contributed by atoms with van der Waals surface area (Å²) in [5.41, 5.74) is 3.31. The summed E-state index contributed by atoms with van der Waals surface area (Å²) in [5, 5.41) is 1.16. The second-order valence-corrected chi connectivity index (χ2v) is 9.72. The summed E-state index contributed by atoms with van der Waals surface area (Å²) in [6.07, 6.45) is 5.93. The van der Waals surface area contributed by atoms with Gasteiger partial charge in [-0.25, -0.2) is 14.8 Å². The SMILES string of the molecule is C[C@H]1c2[nH]c3ccccc3c2CC2C(=O)N(CCCCN3CCN(c4ncccn4)CC3)C(=O)N21. The molecule has 0 spiro atoms. The van der Waals surface area contributed by atoms with E-state index < -0.39 is 6.04 Å². The molecular weight excluding hydrogens is 442 g/mol. The van der Waals surface area contributed by atoms with E-state index in [1.807, 2.05) is 25.1 Å². The Morgan fingerprint density at radius 3 is 2.51 bits per heavy atom. The summed E-state index contributed by atoms with van der Waals surface area (Å²) in [6.45, 7) is 7.25. The molecule has 9 heteroatoms. The maximum absolute atomic E-state index is 13.3. The van der Waals surface area contributed by atoms with Gasteiger partial charge in [0.2, 0.25) is 5.95 Å². The first-order valence-corrected chi connectivity index (χ1v) is 12.6. The third-order valence-corrected chi connectivity index (χ3v) is 7.73. The zero-order valence-electron chi connectivity index (χ0n) is 20.1. The van der Waals surface area contributed by atoms with Crippen LogP contribution in [0.3, 0.4) is 0 Å². The lowest BCUT2D eigenvalue weighted by atomic mass is 9.93. The standard InChI is InChI=1S/C26H31N7O2/c1-18-23-20(19-7-2-3-8-21(19)29-23)17-22-24(34)32(26(35)33(18)22)12-5-4-11-30-13-15-31(16-14-30)25-27-9-6-10-28-25/h2-3,6-10,18,22,29H,4-5,11-17H2,1H3/t18-,22?/m0/s1. The highest BCUT2D eigenvalue weighted by atomic mass is 16.2. The molecule has 1 N–H and O–H groups in total. The van der Waals surface area contributed by atoms with E-state index >= 15 is 0 Å². The Morgan fingerprint density at radius 1 is 0.971 bits per heavy atom. The molecule has 6 rings (SSSR count). The summed E-state index contributed by atoms with van der Waals surface area (Å²) in [6, 6.07) is 9.34. The maximum Gasteiger partial charge on any atom is 0.328 e. The number of rotatable bonds is 6. The number of hydrogen-bond donors (Lipinski definition) is 1. The number of imide groups is 1. The maximum atomic E-state index is 13.3. The summed E-state index contributed by atoms with van der Waals surface area (Å²) >= 11 is 0. The van der Waals surface area contributed by atoms with E-state index in [-0.39, 0.29) is 18.0 Å². The number of unbranched alkanes of at least 4 members (excludes halogenated alkanes) is 1. The average Bonchev–Trinajstić information content (AvgIpc) is 3.39. The Bertz CT molecular complexity index is 1230. The first-order valence-electron chi connectivity index (χ1n) is 12.6. The van der Waals surface area contributed by atoms with Crippen LogP contribution < -0.4 is 4.90 Å². The van der Waals surface area contributed by atoms with Gasteiger partial charge < -0.3 is 14.8 Å². The predicted molar refractivity (Wildman–Crippen MR) is 133 cm³/mol. The molecule has 182 valence electrons. The van der Waals surface area contributed by atoms with Gasteiger partial charge in [0.25, 0.3) is 5.91 Å². The molecule has 9 nitrogen and oxygen atoms in total. The lowest BCUT2D eigenvalue weighted by molar-refractivity contribution is -0.128. The van der Waals surface area contributed by atoms with Gasteiger partial charge in [-0.2, -0.15) is 0 Å². The third kappa shape index (κ3) is 3.83. The number of anilines is 1. The zero-order valence-corrected chi connectivity index (χ0v) is 20.1. The molecule has 2 aromatic heterocycles. The summed E-state index contributed by atoms with van der Waals surface area (Å²) in [5.74, 6) is 0.748. The molecule has 0 bridgehead atoms. The molecule has 1 aromatic carbocycles. The number of carbonyl (C=O) groups excluding carboxylic acids is 2. The molecule has 3 amide bonds. The number of H-pyrrole nitrogens is 1. The van der Waals surface area contributed by atoms with E-state index in [0.29, 0.717) is 13.0 Å². The lowest BCUT2D eigenvalue weighted by Gasteiger charge is -2.34. The summed E-state index contributed by atoms with van der Waals surface area (Å²) in [4.78, 5) is 46.6. The molecule has 3 aliphatic rings. The second kappa shape index (κ2) is 8.96. The largest absolute Gasteiger partial charge is 0.356 e. The third-order valence-electron chi connectivity index (χ3n) is 7.73. The van der Waals surface area contributed by atoms with Gasteiger partial charge in [0.1, 0.15) is 6.04 Å². The molecule has 0 saturated carbocycles. The Balaban J connectivity index is 1.02. The molecular formula is C26H31N7O2. The number of hydrogen-bond acceptors (Lipinski definition) is 6. The predicted octanol–water partition coefficient (Wildman–Crippen LogP) is 2.81. The lowest BCUT2D eigenvalue weighted by Crippen LogP contribution is -2.47. The van der Waals surface area contributed by atoms with E-state index in [1.54, 1.807) is 17.3 Å². The highest BCUT2D eigenvalue weighted by molar-refractivity contribution is 6.05. The molecule has 35 heavy (non-hydrogen) atoms. The Kier molecular flexibility index (Phi) is 5.64. The Labute approximate surface area is 204 Å². The molecule has 2 saturated heterocycles. The number of para-hydroxylation sites is 1. The van der Waals surface area contributed by atoms with Crippen LogP contribution in [0, 0.1) is 0 Å². The van der Waals surface area contributed by atoms with Crippen molar-refractivity contribution in [1.29, 1.82) is 0 Å². The zero-order chi connectivity index (χ0) is 23.9. The number of nitrogens with one attached hydrogen (secondary N) is 1. The fourth-order valence-electron chi connectivity index (χ4n) is 5.85. The highest BCUT2D eigenvalue weighted by Crippen LogP contribution is 2.40. The van der Waals surface area contributed by atoms with E-state index in [4.69, 9.17) is 0 Å². The fraction of sp³-hybridized carbons (Fsp3) is 0.462. The number of piperazine rings is 1. The molecule has 2 atom stereocenters. The van der Waals surface area contributed by atoms with E-state index in [1.165, 1.54) is 10.5 Å². The smallest absolute Gasteiger partial charge is 0.328 e. The van der Waals surface area contributed by atoms with Crippen molar-refractivity contribution in [2.45, 2.75) is 38.3 Å². The molecule has 3 aromatic rings. The summed E-state index contributed by atoms with van der Waals surface area (Å²) in [7, 11) is 0. The van der Waals surface area contributed by atoms with Crippen molar-refractivity contribution in [3.8, 4) is 0 Å². The van der Waals surface area contributed by atoms with E-state index in [9.17, 15) is 9.59 Å². The van der Waals surface area contributed by atoms with E-state index in [2.05, 4.69) is 36.9 Å². The van der Waals surface area contributed by atoms with Gasteiger partial charge in [-0.15, -0.1) is 0 Å². The number of amides is 3. The molecule has 5 heterocycles. The van der Waals surface area contributed by atoms with Crippen LogP contribution in [0.4, 0.5) is 10.7 Å². The normalized spacial score (nSPS) is 22.7. The van der Waals surface area contributed by atoms with Crippen molar-refractivity contribution in [3.63, 3.8) is 0 Å². The molecule has 0 aliphatic carbocycles. The van der Waals surface area contributed by atoms with Crippen LogP contribution in [0.25, 0.3) is 10.9 Å². The monoisotopic (exact) mass is 473 g/mol. The highest BCUT2D eigenvalue weighted by Gasteiger charge is 2.50. The van der Waals surface area contributed by atoms with Crippen LogP contribution in [-0.2, 0) is 11.2 Å². The number of aromatic amines is 1. The van der Waals surface area contributed by atoms with Gasteiger partial charge in [0.05, 0.1) is 6.04 Å². The fourth-order valence-corrected chi connectivity index (χ4v) is 5.85. The van der Waals surface area contributed by atoms with Crippen molar-refractivity contribution in [2.75, 3.05) is 44.2 Å². The van der Waals surface area contributed by atoms with Crippen LogP contribution in [0.5, 0.6) is 0 Å². The van der Waals surface area contributed by atoms with Crippen LogP contribution in [0.15, 0.2) is 42.7 Å². The average molecular weight is 474 g/mol. The topological polar surface area (TPSA) is 88.7 Å². The van der Waals surface area contributed by atoms with Crippen LogP contribution in [0.2, 0.25) is 0 Å². The van der Waals surface area contributed by atoms with Gasteiger partial charge in [-0.3, -0.25) is 14.6 Å². The van der Waals surface area contributed by atoms with Crippen molar-refractivity contribution in [1.82, 2.24) is 29.7 Å². The first kappa shape index (κ1) is 22.0. The number of aromatic nitrogens is 3. The van der Waals surface area contributed by atoms with Gasteiger partial charge in [0, 0.05) is 68.1 Å². The number of fused-ring (bicyclic) bond motifs is 4. The van der Waals surface area contributed by atoms with Crippen molar-refractivity contribution >= 4 is 28.8 Å². The first-order chi connectivity index (χ1) is 17.1. The minimum Gasteiger partial charge on any atom is -0.356 e. The van der Waals surface area contributed by atoms with Crippen LogP contribution >= 0.6 is 0 Å². The number of benzene rings is 1. The van der Waals surface area contributed by atoms with Gasteiger partial charge in [-0.05, 0) is 44.0 Å². The number of carbonyl (C=O) groups is 2. The molecule has 2 fully saturated rings. The van der Waals surface area contributed by atoms with Crippen molar-refractivity contribution < 1.29 is 9.59 Å². The molecule has 0 radical (unpaired) electrons. The number of nitrogens with zero attached hydrogens (tertiary/aromatic N) is 6. The second-order valence-electron chi connectivity index (χ2n) is 9.72. The van der Waals surface area contributed by atoms with Crippen molar-refractivity contribution in [3.05, 3.63) is 54.0 Å². The summed E-state index contributed by atoms with van der Waals surface area (Å²) < 4.78 is 0. The molecule has 3 aliphatic heterocycles. The minimum atomic E-state index is -0.391. The van der Waals surface area contributed by atoms with Gasteiger partial charge in [-0.1, -0.05) is 18.2 Å². The Hall–Kier alpha value is -3.46. The minimum absolute atomic E-state index is 0.0470. The van der Waals surface area contributed by atoms with Crippen LogP contribution in [-0.4, -0.2) is 86.9 Å². The van der Waals surface area contributed by atoms with Crippen molar-refractivity contribution in [2.24, 2.45) is 0 Å². The van der Waals surface area contributed by atoms with E-state index in [0.717, 1.165) is 68.1 Å².